The predicted molar refractivity (Wildman–Crippen MR) is 126 cm³/mol. The molecular formula is C27H39ClO4. The standard InChI is InChI=1S/C27H39ClO4/c1-16(14-24(28)25(30)31-5)21-8-9-22-20-7-6-18-15-19(32-17(2)29)10-12-26(18,3)23(20)11-13-27(21,22)4/h6,8,16,19-20,22-24H,7,9-15H2,1-5H3/t16-,19+,20+,22+,23+,24+,26+,27-/m1/s1. The Labute approximate surface area is 198 Å². The average molecular weight is 463 g/mol. The Balaban J connectivity index is 1.50. The Morgan fingerprint density at radius 1 is 1.12 bits per heavy atom. The molecule has 4 rings (SSSR count). The molecule has 4 nitrogen and oxygen atoms in total. The summed E-state index contributed by atoms with van der Waals surface area (Å²) in [6.07, 6.45) is 13.4. The third kappa shape index (κ3) is 3.95. The lowest BCUT2D eigenvalue weighted by Gasteiger charge is -2.58. The van der Waals surface area contributed by atoms with Crippen molar-refractivity contribution < 1.29 is 19.1 Å². The number of alkyl halides is 1. The number of hydrogen-bond acceptors (Lipinski definition) is 4. The molecule has 0 unspecified atom stereocenters. The topological polar surface area (TPSA) is 52.6 Å². The van der Waals surface area contributed by atoms with E-state index in [1.54, 1.807) is 0 Å². The van der Waals surface area contributed by atoms with Gasteiger partial charge in [-0.05, 0) is 79.4 Å². The molecule has 2 saturated carbocycles. The van der Waals surface area contributed by atoms with Crippen LogP contribution in [0.2, 0.25) is 0 Å². The van der Waals surface area contributed by atoms with Gasteiger partial charge in [0, 0.05) is 13.3 Å². The molecule has 4 aliphatic carbocycles. The van der Waals surface area contributed by atoms with Crippen molar-refractivity contribution in [2.45, 2.75) is 90.5 Å². The Bertz CT molecular complexity index is 832. The lowest BCUT2D eigenvalue weighted by Crippen LogP contribution is -2.50. The quantitative estimate of drug-likeness (QED) is 0.276. The van der Waals surface area contributed by atoms with Crippen molar-refractivity contribution in [2.24, 2.45) is 34.5 Å². The first kappa shape index (κ1) is 23.9. The number of rotatable bonds is 5. The Morgan fingerprint density at radius 3 is 2.53 bits per heavy atom. The summed E-state index contributed by atoms with van der Waals surface area (Å²) in [6.45, 7) is 8.68. The van der Waals surface area contributed by atoms with E-state index in [4.69, 9.17) is 21.1 Å². The molecule has 0 bridgehead atoms. The van der Waals surface area contributed by atoms with Gasteiger partial charge in [0.15, 0.2) is 0 Å². The van der Waals surface area contributed by atoms with Crippen LogP contribution < -0.4 is 0 Å². The minimum atomic E-state index is -0.582. The molecule has 178 valence electrons. The number of hydrogen-bond donors (Lipinski definition) is 0. The number of fused-ring (bicyclic) bond motifs is 5. The lowest BCUT2D eigenvalue weighted by molar-refractivity contribution is -0.148. The first-order chi connectivity index (χ1) is 15.1. The van der Waals surface area contributed by atoms with E-state index in [9.17, 15) is 9.59 Å². The van der Waals surface area contributed by atoms with Gasteiger partial charge in [-0.1, -0.05) is 44.1 Å². The van der Waals surface area contributed by atoms with Crippen molar-refractivity contribution in [3.8, 4) is 0 Å². The van der Waals surface area contributed by atoms with Crippen molar-refractivity contribution in [1.29, 1.82) is 0 Å². The summed E-state index contributed by atoms with van der Waals surface area (Å²) in [6, 6.07) is 0. The number of carbonyl (C=O) groups excluding carboxylic acids is 2. The third-order valence-corrected chi connectivity index (χ3v) is 9.94. The highest BCUT2D eigenvalue weighted by molar-refractivity contribution is 6.29. The van der Waals surface area contributed by atoms with Gasteiger partial charge in [-0.15, -0.1) is 11.6 Å². The van der Waals surface area contributed by atoms with Crippen molar-refractivity contribution >= 4 is 23.5 Å². The van der Waals surface area contributed by atoms with Crippen LogP contribution in [0.1, 0.15) is 79.1 Å². The highest BCUT2D eigenvalue weighted by Crippen LogP contribution is 2.66. The number of allylic oxidation sites excluding steroid dienone is 3. The first-order valence-electron chi connectivity index (χ1n) is 12.4. The van der Waals surface area contributed by atoms with Crippen LogP contribution in [0.5, 0.6) is 0 Å². The van der Waals surface area contributed by atoms with E-state index in [0.717, 1.165) is 32.1 Å². The van der Waals surface area contributed by atoms with Crippen molar-refractivity contribution in [1.82, 2.24) is 0 Å². The molecule has 32 heavy (non-hydrogen) atoms. The van der Waals surface area contributed by atoms with E-state index >= 15 is 0 Å². The van der Waals surface area contributed by atoms with E-state index in [1.807, 2.05) is 0 Å². The van der Waals surface area contributed by atoms with E-state index in [-0.39, 0.29) is 34.8 Å². The lowest BCUT2D eigenvalue weighted by atomic mass is 9.47. The monoisotopic (exact) mass is 462 g/mol. The predicted octanol–water partition coefficient (Wildman–Crippen LogP) is 6.22. The molecule has 2 fully saturated rings. The van der Waals surface area contributed by atoms with Gasteiger partial charge in [0.2, 0.25) is 0 Å². The minimum Gasteiger partial charge on any atom is -0.468 e. The van der Waals surface area contributed by atoms with Gasteiger partial charge in [-0.25, -0.2) is 0 Å². The number of methoxy groups -OCH3 is 1. The van der Waals surface area contributed by atoms with Gasteiger partial charge >= 0.3 is 11.9 Å². The molecule has 0 aromatic carbocycles. The van der Waals surface area contributed by atoms with Crippen LogP contribution in [0.15, 0.2) is 23.3 Å². The minimum absolute atomic E-state index is 0.0520. The number of halogens is 1. The number of ether oxygens (including phenoxy) is 2. The van der Waals surface area contributed by atoms with E-state index in [0.29, 0.717) is 24.2 Å². The summed E-state index contributed by atoms with van der Waals surface area (Å²) < 4.78 is 10.4. The number of carbonyl (C=O) groups is 2. The zero-order valence-corrected chi connectivity index (χ0v) is 21.0. The average Bonchev–Trinajstić information content (AvgIpc) is 3.10. The van der Waals surface area contributed by atoms with Gasteiger partial charge in [-0.3, -0.25) is 9.59 Å². The zero-order valence-electron chi connectivity index (χ0n) is 20.3. The van der Waals surface area contributed by atoms with Crippen molar-refractivity contribution in [3.63, 3.8) is 0 Å². The maximum Gasteiger partial charge on any atom is 0.323 e. The second kappa shape index (κ2) is 8.81. The van der Waals surface area contributed by atoms with Gasteiger partial charge in [0.25, 0.3) is 0 Å². The first-order valence-corrected chi connectivity index (χ1v) is 12.8. The summed E-state index contributed by atoms with van der Waals surface area (Å²) in [4.78, 5) is 23.3. The van der Waals surface area contributed by atoms with Crippen LogP contribution in [0.4, 0.5) is 0 Å². The highest BCUT2D eigenvalue weighted by atomic mass is 35.5. The van der Waals surface area contributed by atoms with E-state index in [1.165, 1.54) is 38.0 Å². The van der Waals surface area contributed by atoms with Crippen LogP contribution >= 0.6 is 11.6 Å². The molecular weight excluding hydrogens is 424 g/mol. The van der Waals surface area contributed by atoms with Crippen LogP contribution in [-0.2, 0) is 19.1 Å². The Kier molecular flexibility index (Phi) is 6.57. The van der Waals surface area contributed by atoms with Crippen LogP contribution in [0.25, 0.3) is 0 Å². The molecule has 0 radical (unpaired) electrons. The zero-order chi connectivity index (χ0) is 23.3. The maximum atomic E-state index is 11.9. The van der Waals surface area contributed by atoms with Gasteiger partial charge in [0.05, 0.1) is 7.11 Å². The fourth-order valence-corrected chi connectivity index (χ4v) is 8.35. The molecule has 5 heteroatoms. The van der Waals surface area contributed by atoms with Crippen molar-refractivity contribution in [2.75, 3.05) is 7.11 Å². The van der Waals surface area contributed by atoms with Gasteiger partial charge < -0.3 is 9.47 Å². The fraction of sp³-hybridized carbons (Fsp3) is 0.778. The summed E-state index contributed by atoms with van der Waals surface area (Å²) in [7, 11) is 1.40. The molecule has 0 amide bonds. The summed E-state index contributed by atoms with van der Waals surface area (Å²) in [5.41, 5.74) is 3.47. The SMILES string of the molecule is COC(=O)[C@@H](Cl)C[C@@H](C)C1=CC[C@H]2[C@@H]3CC=C4C[C@@H](OC(C)=O)CC[C@]4(C)[C@H]3CC[C@]12C. The fourth-order valence-electron chi connectivity index (χ4n) is 7.99. The number of esters is 2. The summed E-state index contributed by atoms with van der Waals surface area (Å²) in [5, 5.41) is -0.582. The maximum absolute atomic E-state index is 11.9. The third-order valence-electron chi connectivity index (χ3n) is 9.58. The second-order valence-electron chi connectivity index (χ2n) is 11.2. The van der Waals surface area contributed by atoms with E-state index in [2.05, 4.69) is 32.9 Å². The van der Waals surface area contributed by atoms with Gasteiger partial charge in [0.1, 0.15) is 11.5 Å². The normalized spacial score (nSPS) is 40.1. The van der Waals surface area contributed by atoms with Crippen molar-refractivity contribution in [3.05, 3.63) is 23.3 Å². The molecule has 0 spiro atoms. The molecule has 0 aliphatic heterocycles. The molecule has 4 aliphatic rings. The summed E-state index contributed by atoms with van der Waals surface area (Å²) >= 11 is 6.33. The molecule has 0 aromatic rings. The largest absolute Gasteiger partial charge is 0.468 e. The second-order valence-corrected chi connectivity index (χ2v) is 11.7. The molecule has 0 aromatic heterocycles. The van der Waals surface area contributed by atoms with Crippen LogP contribution in [0, 0.1) is 34.5 Å². The van der Waals surface area contributed by atoms with Gasteiger partial charge in [-0.2, -0.15) is 0 Å². The molecule has 0 heterocycles. The van der Waals surface area contributed by atoms with Crippen LogP contribution in [0.3, 0.4) is 0 Å². The van der Waals surface area contributed by atoms with Crippen LogP contribution in [-0.4, -0.2) is 30.5 Å². The smallest absolute Gasteiger partial charge is 0.323 e. The Hall–Kier alpha value is -1.29. The highest BCUT2D eigenvalue weighted by Gasteiger charge is 2.57. The molecule has 0 saturated heterocycles. The molecule has 0 N–H and O–H groups in total. The van der Waals surface area contributed by atoms with E-state index < -0.39 is 5.38 Å². The summed E-state index contributed by atoms with van der Waals surface area (Å²) in [5.74, 6) is 1.86. The Morgan fingerprint density at radius 2 is 1.84 bits per heavy atom. The molecule has 8 atom stereocenters.